The minimum absolute atomic E-state index is 0.0680. The maximum absolute atomic E-state index is 13.2. The molecule has 2 amide bonds. The van der Waals surface area contributed by atoms with Crippen LogP contribution in [0.4, 0.5) is 4.79 Å². The lowest BCUT2D eigenvalue weighted by atomic mass is 9.96. The van der Waals surface area contributed by atoms with Crippen LogP contribution in [0.3, 0.4) is 0 Å². The van der Waals surface area contributed by atoms with Crippen LogP contribution in [0.15, 0.2) is 29.9 Å². The predicted molar refractivity (Wildman–Crippen MR) is 87.0 cm³/mol. The minimum atomic E-state index is -2.94. The van der Waals surface area contributed by atoms with Crippen LogP contribution in [-0.2, 0) is 17.6 Å². The van der Waals surface area contributed by atoms with Crippen molar-refractivity contribution in [2.75, 3.05) is 14.0 Å². The van der Waals surface area contributed by atoms with E-state index in [-0.39, 0.29) is 22.4 Å². The standard InChI is InChI=1S/C18H22N2O3/c1-4-6-11-7-5-8-12-13(11)9-14-15(10-19(2)3)17(21)20(16(12)14)18(22)23/h5,7-8,10,14,16H,4,6,9H2,1-3H3,(H,22,23)/b15-10-/i2D3,5D,7D,8D,9D,10D,14D,16D. The summed E-state index contributed by atoms with van der Waals surface area (Å²) in [6.45, 7) is -1.20. The molecule has 0 aromatic heterocycles. The summed E-state index contributed by atoms with van der Waals surface area (Å²) in [7, 11) is 0.942. The molecular weight excluding hydrogens is 292 g/mol. The highest BCUT2D eigenvalue weighted by atomic mass is 16.4. The third-order valence-electron chi connectivity index (χ3n) is 3.66. The largest absolute Gasteiger partial charge is 0.465 e. The molecule has 0 radical (unpaired) electrons. The highest BCUT2D eigenvalue weighted by Crippen LogP contribution is 2.50. The molecule has 1 N–H and O–H groups in total. The fourth-order valence-electron chi connectivity index (χ4n) is 2.80. The Labute approximate surface area is 150 Å². The second-order valence-corrected chi connectivity index (χ2v) is 5.27. The monoisotopic (exact) mass is 324 g/mol. The Balaban J connectivity index is 2.53. The molecule has 122 valence electrons. The van der Waals surface area contributed by atoms with E-state index >= 15 is 0 Å². The first-order valence-corrected chi connectivity index (χ1v) is 7.09. The van der Waals surface area contributed by atoms with Crippen molar-refractivity contribution in [2.45, 2.75) is 32.2 Å². The van der Waals surface area contributed by atoms with Crippen LogP contribution >= 0.6 is 0 Å². The van der Waals surface area contributed by atoms with E-state index in [1.165, 1.54) is 0 Å². The number of fused-ring (bicyclic) bond motifs is 3. The van der Waals surface area contributed by atoms with Crippen LogP contribution in [0.2, 0.25) is 0 Å². The maximum Gasteiger partial charge on any atom is 0.414 e. The van der Waals surface area contributed by atoms with Crippen molar-refractivity contribution in [2.24, 2.45) is 5.89 Å². The highest BCUT2D eigenvalue weighted by molar-refractivity contribution is 6.05. The van der Waals surface area contributed by atoms with Crippen LogP contribution in [0, 0.1) is 5.89 Å². The van der Waals surface area contributed by atoms with Gasteiger partial charge in [0.25, 0.3) is 5.91 Å². The summed E-state index contributed by atoms with van der Waals surface area (Å²) in [5.41, 5.74) is -1.59. The van der Waals surface area contributed by atoms with Crippen molar-refractivity contribution in [3.63, 3.8) is 0 Å². The quantitative estimate of drug-likeness (QED) is 0.869. The molecule has 5 nitrogen and oxygen atoms in total. The van der Waals surface area contributed by atoms with Gasteiger partial charge in [0.15, 0.2) is 0 Å². The maximum atomic E-state index is 13.2. The van der Waals surface area contributed by atoms with Crippen LogP contribution in [0.25, 0.3) is 0 Å². The lowest BCUT2D eigenvalue weighted by Crippen LogP contribution is -2.33. The van der Waals surface area contributed by atoms with Crippen LogP contribution < -0.4 is 0 Å². The number of nitrogens with zero attached hydrogens (tertiary/aromatic N) is 2. The topological polar surface area (TPSA) is 60.9 Å². The van der Waals surface area contributed by atoms with Crippen LogP contribution in [-0.4, -0.2) is 40.9 Å². The molecule has 3 rings (SSSR count). The van der Waals surface area contributed by atoms with Gasteiger partial charge in [0.2, 0.25) is 0 Å². The van der Waals surface area contributed by atoms with Gasteiger partial charge < -0.3 is 10.0 Å². The Morgan fingerprint density at radius 1 is 1.74 bits per heavy atom. The molecule has 0 spiro atoms. The second kappa shape index (κ2) is 5.72. The molecule has 23 heavy (non-hydrogen) atoms. The van der Waals surface area contributed by atoms with Gasteiger partial charge in [-0.25, -0.2) is 9.69 Å². The number of carbonyl (C=O) groups is 2. The van der Waals surface area contributed by atoms with Crippen molar-refractivity contribution in [1.29, 1.82) is 0 Å². The van der Waals surface area contributed by atoms with Gasteiger partial charge >= 0.3 is 6.09 Å². The van der Waals surface area contributed by atoms with Crippen LogP contribution in [0.1, 0.15) is 49.8 Å². The van der Waals surface area contributed by atoms with Gasteiger partial charge in [0.1, 0.15) is 0 Å². The number of carbonyl (C=O) groups excluding carboxylic acids is 1. The molecule has 1 aliphatic carbocycles. The van der Waals surface area contributed by atoms with E-state index in [9.17, 15) is 14.7 Å². The number of hydrogen-bond acceptors (Lipinski definition) is 3. The van der Waals surface area contributed by atoms with Crippen molar-refractivity contribution < 1.29 is 28.4 Å². The first-order valence-electron chi connectivity index (χ1n) is 12.2. The van der Waals surface area contributed by atoms with Gasteiger partial charge in [-0.2, -0.15) is 0 Å². The fourth-order valence-corrected chi connectivity index (χ4v) is 2.80. The summed E-state index contributed by atoms with van der Waals surface area (Å²) in [5, 5.41) is 9.79. The second-order valence-electron chi connectivity index (χ2n) is 5.27. The van der Waals surface area contributed by atoms with Gasteiger partial charge in [0.05, 0.1) is 12.9 Å². The Bertz CT molecular complexity index is 1100. The summed E-state index contributed by atoms with van der Waals surface area (Å²) in [6, 6.07) is -4.72. The zero-order chi connectivity index (χ0) is 25.4. The lowest BCUT2D eigenvalue weighted by Gasteiger charge is -2.19. The van der Waals surface area contributed by atoms with Gasteiger partial charge in [-0.05, 0) is 29.5 Å². The molecule has 1 aromatic rings. The average Bonchev–Trinajstić information content (AvgIpc) is 2.99. The molecule has 5 heteroatoms. The van der Waals surface area contributed by atoms with E-state index in [1.807, 2.05) is 0 Å². The number of rotatable bonds is 3. The smallest absolute Gasteiger partial charge is 0.414 e. The molecule has 1 aliphatic heterocycles. The predicted octanol–water partition coefficient (Wildman–Crippen LogP) is 2.82. The first kappa shape index (κ1) is 7.51. The number of likely N-dealkylation sites (tertiary alicyclic amines) is 1. The summed E-state index contributed by atoms with van der Waals surface area (Å²) in [5.74, 6) is -4.32. The third-order valence-corrected chi connectivity index (χ3v) is 3.66. The van der Waals surface area contributed by atoms with E-state index < -0.39 is 72.7 Å². The molecule has 1 fully saturated rings. The van der Waals surface area contributed by atoms with Gasteiger partial charge in [-0.1, -0.05) is 31.5 Å². The molecule has 3 unspecified atom stereocenters. The van der Waals surface area contributed by atoms with Gasteiger partial charge in [0, 0.05) is 38.5 Å². The minimum Gasteiger partial charge on any atom is -0.465 e. The number of benzene rings is 1. The highest BCUT2D eigenvalue weighted by Gasteiger charge is 2.52. The molecule has 2 aliphatic rings. The molecular formula is C18H22N2O3. The normalized spacial score (nSPS) is 40.9. The van der Waals surface area contributed by atoms with Crippen molar-refractivity contribution in [3.8, 4) is 0 Å². The average molecular weight is 324 g/mol. The summed E-state index contributed by atoms with van der Waals surface area (Å²) < 4.78 is 82.6. The Hall–Kier alpha value is -2.30. The van der Waals surface area contributed by atoms with E-state index in [0.29, 0.717) is 11.3 Å². The zero-order valence-corrected chi connectivity index (χ0v) is 12.6. The Kier molecular flexibility index (Phi) is 1.87. The Morgan fingerprint density at radius 3 is 3.17 bits per heavy atom. The van der Waals surface area contributed by atoms with Gasteiger partial charge in [-0.15, -0.1) is 0 Å². The fraction of sp³-hybridized carbons (Fsp3) is 0.444. The van der Waals surface area contributed by atoms with Crippen molar-refractivity contribution >= 4 is 12.0 Å². The number of amides is 2. The SMILES string of the molecule is [2H]/C(=C1/C(=O)N(C(=O)O)C2([2H])c3c([2H])c([2H])c([2H])c(CCC)c3C([2H])C12[2H])N(C)C([2H])([2H])[2H]. The molecule has 3 atom stereocenters. The summed E-state index contributed by atoms with van der Waals surface area (Å²) in [6.07, 6.45) is -4.34. The first-order chi connectivity index (χ1) is 15.0. The van der Waals surface area contributed by atoms with Gasteiger partial charge in [-0.3, -0.25) is 4.79 Å². The van der Waals surface area contributed by atoms with E-state index in [0.717, 1.165) is 7.05 Å². The summed E-state index contributed by atoms with van der Waals surface area (Å²) in [4.78, 5) is 25.6. The zero-order valence-electron chi connectivity index (χ0n) is 22.6. The Morgan fingerprint density at radius 2 is 2.52 bits per heavy atom. The summed E-state index contributed by atoms with van der Waals surface area (Å²) >= 11 is 0. The molecule has 1 saturated heterocycles. The molecule has 1 heterocycles. The van der Waals surface area contributed by atoms with E-state index in [4.69, 9.17) is 13.7 Å². The van der Waals surface area contributed by atoms with Crippen molar-refractivity contribution in [3.05, 3.63) is 46.6 Å². The molecule has 1 aromatic carbocycles. The van der Waals surface area contributed by atoms with Crippen molar-refractivity contribution in [1.82, 2.24) is 9.80 Å². The van der Waals surface area contributed by atoms with E-state index in [1.54, 1.807) is 6.92 Å². The number of hydrogen-bond donors (Lipinski definition) is 1. The molecule has 0 saturated carbocycles. The number of carboxylic acid groups (broad SMARTS) is 1. The molecule has 0 bridgehead atoms. The number of imide groups is 1. The lowest BCUT2D eigenvalue weighted by molar-refractivity contribution is -0.124. The van der Waals surface area contributed by atoms with Crippen LogP contribution in [0.5, 0.6) is 0 Å². The third kappa shape index (κ3) is 2.40. The van der Waals surface area contributed by atoms with E-state index in [2.05, 4.69) is 0 Å².